The maximum absolute atomic E-state index is 11.6. The van der Waals surface area contributed by atoms with E-state index in [1.54, 1.807) is 6.08 Å². The molecule has 6 nitrogen and oxygen atoms in total. The fraction of sp³-hybridized carbons (Fsp3) is 0.286. The number of hydrogen-bond acceptors (Lipinski definition) is 6. The van der Waals surface area contributed by atoms with Gasteiger partial charge in [-0.3, -0.25) is 4.79 Å². The summed E-state index contributed by atoms with van der Waals surface area (Å²) in [6, 6.07) is 1.91. The number of aryl methyl sites for hydroxylation is 2. The molecule has 0 aliphatic rings. The van der Waals surface area contributed by atoms with Gasteiger partial charge in [0, 0.05) is 23.3 Å². The third-order valence-corrected chi connectivity index (χ3v) is 3.34. The van der Waals surface area contributed by atoms with Gasteiger partial charge in [0.25, 0.3) is 0 Å². The third kappa shape index (κ3) is 4.64. The minimum atomic E-state index is -0.0746. The lowest BCUT2D eigenvalue weighted by Gasteiger charge is -2.03. The van der Waals surface area contributed by atoms with Crippen LogP contribution in [0.25, 0.3) is 0 Å². The van der Waals surface area contributed by atoms with Crippen LogP contribution in [0.1, 0.15) is 17.1 Å². The Morgan fingerprint density at radius 1 is 1.33 bits per heavy atom. The van der Waals surface area contributed by atoms with Crippen LogP contribution < -0.4 is 10.6 Å². The highest BCUT2D eigenvalue weighted by atomic mass is 32.1. The zero-order valence-electron chi connectivity index (χ0n) is 12.0. The van der Waals surface area contributed by atoms with Crippen LogP contribution in [0.5, 0.6) is 0 Å². The summed E-state index contributed by atoms with van der Waals surface area (Å²) < 4.78 is 0. The van der Waals surface area contributed by atoms with Gasteiger partial charge in [-0.05, 0) is 19.9 Å². The first-order valence-corrected chi connectivity index (χ1v) is 7.36. The van der Waals surface area contributed by atoms with Crippen molar-refractivity contribution in [3.8, 4) is 0 Å². The fourth-order valence-corrected chi connectivity index (χ4v) is 2.44. The highest BCUT2D eigenvalue weighted by molar-refractivity contribution is 7.13. The number of amides is 1. The van der Waals surface area contributed by atoms with Crippen molar-refractivity contribution in [2.24, 2.45) is 0 Å². The number of rotatable bonds is 6. The van der Waals surface area contributed by atoms with Gasteiger partial charge in [0.2, 0.25) is 11.9 Å². The molecule has 0 saturated heterocycles. The molecule has 0 atom stereocenters. The molecule has 21 heavy (non-hydrogen) atoms. The summed E-state index contributed by atoms with van der Waals surface area (Å²) in [5.74, 6) is 0.443. The number of thiazole rings is 1. The Bertz CT molecular complexity index is 632. The van der Waals surface area contributed by atoms with Gasteiger partial charge in [0.15, 0.2) is 5.13 Å². The second-order valence-corrected chi connectivity index (χ2v) is 5.37. The normalized spacial score (nSPS) is 10.2. The molecule has 0 aromatic carbocycles. The van der Waals surface area contributed by atoms with Crippen LogP contribution in [0, 0.1) is 13.8 Å². The van der Waals surface area contributed by atoms with Crippen LogP contribution in [-0.2, 0) is 11.2 Å². The molecule has 0 unspecified atom stereocenters. The number of aromatic nitrogens is 3. The minimum absolute atomic E-state index is 0.0746. The molecule has 7 heteroatoms. The maximum atomic E-state index is 11.6. The van der Waals surface area contributed by atoms with E-state index in [-0.39, 0.29) is 12.3 Å². The van der Waals surface area contributed by atoms with Crippen LogP contribution in [0.4, 0.5) is 11.1 Å². The lowest BCUT2D eigenvalue weighted by Crippen LogP contribution is -2.25. The molecule has 0 fully saturated rings. The molecule has 0 spiro atoms. The number of hydrogen-bond donors (Lipinski definition) is 2. The number of nitrogens with zero attached hydrogens (tertiary/aromatic N) is 3. The van der Waals surface area contributed by atoms with E-state index in [1.807, 2.05) is 25.3 Å². The molecule has 0 radical (unpaired) electrons. The van der Waals surface area contributed by atoms with Crippen LogP contribution in [-0.4, -0.2) is 27.4 Å². The quantitative estimate of drug-likeness (QED) is 0.799. The first-order chi connectivity index (χ1) is 10.1. The Hall–Kier alpha value is -2.28. The van der Waals surface area contributed by atoms with E-state index in [4.69, 9.17) is 0 Å². The van der Waals surface area contributed by atoms with E-state index in [0.29, 0.717) is 23.3 Å². The van der Waals surface area contributed by atoms with Crippen LogP contribution in [0.15, 0.2) is 24.1 Å². The summed E-state index contributed by atoms with van der Waals surface area (Å²) in [6.07, 6.45) is 1.89. The van der Waals surface area contributed by atoms with Gasteiger partial charge in [-0.25, -0.2) is 15.0 Å². The summed E-state index contributed by atoms with van der Waals surface area (Å²) >= 11 is 1.42. The third-order valence-electron chi connectivity index (χ3n) is 2.54. The molecule has 0 saturated carbocycles. The lowest BCUT2D eigenvalue weighted by molar-refractivity contribution is -0.120. The average Bonchev–Trinajstić information content (AvgIpc) is 2.82. The van der Waals surface area contributed by atoms with Crippen molar-refractivity contribution in [1.82, 2.24) is 20.3 Å². The maximum Gasteiger partial charge on any atom is 0.229 e. The predicted molar refractivity (Wildman–Crippen MR) is 83.8 cm³/mol. The van der Waals surface area contributed by atoms with Crippen molar-refractivity contribution >= 4 is 28.3 Å². The van der Waals surface area contributed by atoms with Gasteiger partial charge in [0.1, 0.15) is 0 Å². The van der Waals surface area contributed by atoms with Crippen LogP contribution >= 0.6 is 11.3 Å². The van der Waals surface area contributed by atoms with E-state index in [1.165, 1.54) is 11.3 Å². The molecule has 2 heterocycles. The van der Waals surface area contributed by atoms with E-state index in [0.717, 1.165) is 11.4 Å². The van der Waals surface area contributed by atoms with E-state index >= 15 is 0 Å². The lowest BCUT2D eigenvalue weighted by atomic mass is 10.3. The van der Waals surface area contributed by atoms with Crippen LogP contribution in [0.3, 0.4) is 0 Å². The van der Waals surface area contributed by atoms with Gasteiger partial charge in [-0.15, -0.1) is 17.9 Å². The highest BCUT2D eigenvalue weighted by Gasteiger charge is 2.08. The Labute approximate surface area is 127 Å². The van der Waals surface area contributed by atoms with Crippen molar-refractivity contribution in [1.29, 1.82) is 0 Å². The molecule has 110 valence electrons. The molecular formula is C14H17N5OS. The highest BCUT2D eigenvalue weighted by Crippen LogP contribution is 2.19. The van der Waals surface area contributed by atoms with Crippen molar-refractivity contribution < 1.29 is 4.79 Å². The molecule has 0 bridgehead atoms. The smallest absolute Gasteiger partial charge is 0.229 e. The zero-order valence-corrected chi connectivity index (χ0v) is 12.8. The second-order valence-electron chi connectivity index (χ2n) is 4.51. The average molecular weight is 303 g/mol. The van der Waals surface area contributed by atoms with Crippen molar-refractivity contribution in [3.63, 3.8) is 0 Å². The first kappa shape index (κ1) is 15.1. The van der Waals surface area contributed by atoms with Gasteiger partial charge in [0.05, 0.1) is 12.1 Å². The van der Waals surface area contributed by atoms with E-state index < -0.39 is 0 Å². The van der Waals surface area contributed by atoms with Crippen LogP contribution in [0.2, 0.25) is 0 Å². The summed E-state index contributed by atoms with van der Waals surface area (Å²) in [7, 11) is 0. The number of carbonyl (C=O) groups is 1. The van der Waals surface area contributed by atoms with Crippen molar-refractivity contribution in [2.75, 3.05) is 11.9 Å². The SMILES string of the molecule is C=CCNC(=O)Cc1csc(Nc2nc(C)cc(C)n2)n1. The molecule has 2 aromatic rings. The summed E-state index contributed by atoms with van der Waals surface area (Å²) in [6.45, 7) is 7.84. The summed E-state index contributed by atoms with van der Waals surface area (Å²) in [4.78, 5) is 24.5. The fourth-order valence-electron chi connectivity index (χ4n) is 1.74. The molecule has 0 aliphatic carbocycles. The zero-order chi connectivity index (χ0) is 15.2. The first-order valence-electron chi connectivity index (χ1n) is 6.48. The Balaban J connectivity index is 1.99. The minimum Gasteiger partial charge on any atom is -0.352 e. The largest absolute Gasteiger partial charge is 0.352 e. The van der Waals surface area contributed by atoms with Gasteiger partial charge in [-0.2, -0.15) is 0 Å². The summed E-state index contributed by atoms with van der Waals surface area (Å²) in [5.41, 5.74) is 2.50. The number of nitrogens with one attached hydrogen (secondary N) is 2. The predicted octanol–water partition coefficient (Wildman–Crippen LogP) is 2.14. The second kappa shape index (κ2) is 6.94. The molecule has 0 aliphatic heterocycles. The molecular weight excluding hydrogens is 286 g/mol. The monoisotopic (exact) mass is 303 g/mol. The van der Waals surface area contributed by atoms with Gasteiger partial charge in [-0.1, -0.05) is 6.08 Å². The van der Waals surface area contributed by atoms with E-state index in [2.05, 4.69) is 32.2 Å². The molecule has 2 N–H and O–H groups in total. The van der Waals surface area contributed by atoms with Crippen molar-refractivity contribution in [3.05, 3.63) is 41.2 Å². The van der Waals surface area contributed by atoms with E-state index in [9.17, 15) is 4.79 Å². The Morgan fingerprint density at radius 2 is 2.05 bits per heavy atom. The standard InChI is InChI=1S/C14H17N5OS/c1-4-5-15-12(20)7-11-8-21-14(18-11)19-13-16-9(2)6-10(3)17-13/h4,6,8H,1,5,7H2,2-3H3,(H,15,20)(H,16,17,18,19). The molecule has 1 amide bonds. The Morgan fingerprint density at radius 3 is 2.71 bits per heavy atom. The summed E-state index contributed by atoms with van der Waals surface area (Å²) in [5, 5.41) is 8.30. The number of anilines is 2. The topological polar surface area (TPSA) is 79.8 Å². The van der Waals surface area contributed by atoms with Crippen molar-refractivity contribution in [2.45, 2.75) is 20.3 Å². The van der Waals surface area contributed by atoms with Gasteiger partial charge < -0.3 is 10.6 Å². The molecule has 2 rings (SSSR count). The molecule has 2 aromatic heterocycles. The van der Waals surface area contributed by atoms with Gasteiger partial charge >= 0.3 is 0 Å². The Kier molecular flexibility index (Phi) is 4.99. The number of carbonyl (C=O) groups excluding carboxylic acids is 1.